The van der Waals surface area contributed by atoms with E-state index < -0.39 is 6.04 Å². The van der Waals surface area contributed by atoms with Crippen LogP contribution in [-0.2, 0) is 9.53 Å². The van der Waals surface area contributed by atoms with Crippen molar-refractivity contribution in [1.29, 1.82) is 0 Å². The van der Waals surface area contributed by atoms with E-state index in [2.05, 4.69) is 0 Å². The van der Waals surface area contributed by atoms with E-state index in [4.69, 9.17) is 10.5 Å². The van der Waals surface area contributed by atoms with Gasteiger partial charge in [-0.1, -0.05) is 13.8 Å². The summed E-state index contributed by atoms with van der Waals surface area (Å²) in [6, 6.07) is -0.469. The van der Waals surface area contributed by atoms with Crippen molar-refractivity contribution in [3.8, 4) is 0 Å². The minimum Gasteiger partial charge on any atom is -0.461 e. The first-order chi connectivity index (χ1) is 6.49. The minimum absolute atomic E-state index is 0.0529. The number of rotatable bonds is 6. The molecule has 0 aliphatic heterocycles. The number of ether oxygens (including phenoxy) is 1. The molecule has 4 heteroatoms. The largest absolute Gasteiger partial charge is 0.461 e. The minimum atomic E-state index is -0.469. The highest BCUT2D eigenvalue weighted by atomic mass is 32.2. The number of esters is 1. The Kier molecular flexibility index (Phi) is 7.01. The Bertz CT molecular complexity index is 174. The molecule has 0 heterocycles. The van der Waals surface area contributed by atoms with E-state index >= 15 is 0 Å². The quantitative estimate of drug-likeness (QED) is 0.690. The molecule has 0 spiro atoms. The van der Waals surface area contributed by atoms with Crippen LogP contribution in [0.15, 0.2) is 0 Å². The van der Waals surface area contributed by atoms with E-state index in [1.165, 1.54) is 0 Å². The zero-order valence-corrected chi connectivity index (χ0v) is 10.3. The fourth-order valence-corrected chi connectivity index (χ4v) is 1.26. The van der Waals surface area contributed by atoms with E-state index in [0.717, 1.165) is 5.75 Å². The summed E-state index contributed by atoms with van der Waals surface area (Å²) in [7, 11) is 0. The topological polar surface area (TPSA) is 52.3 Å². The van der Waals surface area contributed by atoms with Crippen LogP contribution in [-0.4, -0.2) is 30.1 Å². The Morgan fingerprint density at radius 3 is 2.43 bits per heavy atom. The van der Waals surface area contributed by atoms with Crippen LogP contribution in [0.2, 0.25) is 0 Å². The van der Waals surface area contributed by atoms with Crippen molar-refractivity contribution in [2.45, 2.75) is 39.3 Å². The van der Waals surface area contributed by atoms with Crippen LogP contribution in [0.3, 0.4) is 0 Å². The standard InChI is InChI=1S/C10H21NO2S/c1-7(2)8(3)13-10(12)9(11)5-6-14-4/h7-9H,5-6,11H2,1-4H3/t8-,9+/m0/s1. The Morgan fingerprint density at radius 2 is 2.00 bits per heavy atom. The third kappa shape index (κ3) is 5.50. The molecule has 0 amide bonds. The van der Waals surface area contributed by atoms with Crippen molar-refractivity contribution < 1.29 is 9.53 Å². The molecule has 2 atom stereocenters. The van der Waals surface area contributed by atoms with Gasteiger partial charge >= 0.3 is 5.97 Å². The molecule has 0 unspecified atom stereocenters. The van der Waals surface area contributed by atoms with Gasteiger partial charge < -0.3 is 10.5 Å². The first-order valence-electron chi connectivity index (χ1n) is 4.94. The molecule has 0 bridgehead atoms. The van der Waals surface area contributed by atoms with E-state index in [1.807, 2.05) is 27.0 Å². The van der Waals surface area contributed by atoms with Gasteiger partial charge in [0.05, 0.1) is 0 Å². The number of hydrogen-bond acceptors (Lipinski definition) is 4. The molecule has 0 aromatic heterocycles. The van der Waals surface area contributed by atoms with E-state index in [0.29, 0.717) is 12.3 Å². The summed E-state index contributed by atoms with van der Waals surface area (Å²) in [5, 5.41) is 0. The van der Waals surface area contributed by atoms with Gasteiger partial charge in [0.15, 0.2) is 0 Å². The van der Waals surface area contributed by atoms with Crippen LogP contribution in [0.4, 0.5) is 0 Å². The molecular weight excluding hydrogens is 198 g/mol. The molecule has 0 fully saturated rings. The summed E-state index contributed by atoms with van der Waals surface area (Å²) in [6.07, 6.45) is 2.63. The molecular formula is C10H21NO2S. The lowest BCUT2D eigenvalue weighted by molar-refractivity contribution is -0.151. The summed E-state index contributed by atoms with van der Waals surface area (Å²) in [5.41, 5.74) is 5.66. The molecule has 0 aromatic carbocycles. The van der Waals surface area contributed by atoms with Crippen molar-refractivity contribution in [1.82, 2.24) is 0 Å². The summed E-state index contributed by atoms with van der Waals surface area (Å²) >= 11 is 1.68. The molecule has 3 nitrogen and oxygen atoms in total. The summed E-state index contributed by atoms with van der Waals surface area (Å²) in [6.45, 7) is 5.93. The maximum atomic E-state index is 11.4. The third-order valence-electron chi connectivity index (χ3n) is 2.18. The average molecular weight is 219 g/mol. The van der Waals surface area contributed by atoms with Gasteiger partial charge in [0, 0.05) is 0 Å². The second-order valence-electron chi connectivity index (χ2n) is 3.77. The van der Waals surface area contributed by atoms with Gasteiger partial charge in [0.1, 0.15) is 12.1 Å². The normalized spacial score (nSPS) is 15.3. The number of hydrogen-bond donors (Lipinski definition) is 1. The molecule has 0 saturated heterocycles. The second kappa shape index (κ2) is 7.12. The smallest absolute Gasteiger partial charge is 0.323 e. The van der Waals surface area contributed by atoms with Gasteiger partial charge in [-0.05, 0) is 31.3 Å². The predicted molar refractivity (Wildman–Crippen MR) is 61.4 cm³/mol. The first kappa shape index (κ1) is 13.8. The van der Waals surface area contributed by atoms with Gasteiger partial charge in [-0.15, -0.1) is 0 Å². The van der Waals surface area contributed by atoms with Gasteiger partial charge in [0.2, 0.25) is 0 Å². The second-order valence-corrected chi connectivity index (χ2v) is 4.76. The molecule has 0 aromatic rings. The fourth-order valence-electron chi connectivity index (χ4n) is 0.769. The maximum Gasteiger partial charge on any atom is 0.323 e. The van der Waals surface area contributed by atoms with Crippen LogP contribution in [0.1, 0.15) is 27.2 Å². The van der Waals surface area contributed by atoms with Gasteiger partial charge in [0.25, 0.3) is 0 Å². The Morgan fingerprint density at radius 1 is 1.43 bits per heavy atom. The highest BCUT2D eigenvalue weighted by Gasteiger charge is 2.18. The molecule has 0 saturated carbocycles. The molecule has 14 heavy (non-hydrogen) atoms. The molecule has 0 aliphatic rings. The van der Waals surface area contributed by atoms with E-state index in [-0.39, 0.29) is 12.1 Å². The first-order valence-corrected chi connectivity index (χ1v) is 6.33. The SMILES string of the molecule is CSCC[C@@H](N)C(=O)O[C@@H](C)C(C)C. The molecule has 0 aliphatic carbocycles. The number of nitrogens with two attached hydrogens (primary N) is 1. The molecule has 0 rings (SSSR count). The van der Waals surface area contributed by atoms with Gasteiger partial charge in [-0.2, -0.15) is 11.8 Å². The lowest BCUT2D eigenvalue weighted by atomic mass is 10.1. The zero-order valence-electron chi connectivity index (χ0n) is 9.45. The van der Waals surface area contributed by atoms with Crippen molar-refractivity contribution >= 4 is 17.7 Å². The molecule has 84 valence electrons. The monoisotopic (exact) mass is 219 g/mol. The summed E-state index contributed by atoms with van der Waals surface area (Å²) in [5.74, 6) is 0.957. The van der Waals surface area contributed by atoms with Crippen LogP contribution < -0.4 is 5.73 Å². The number of carbonyl (C=O) groups is 1. The van der Waals surface area contributed by atoms with Crippen molar-refractivity contribution in [3.63, 3.8) is 0 Å². The van der Waals surface area contributed by atoms with Crippen LogP contribution in [0.25, 0.3) is 0 Å². The van der Waals surface area contributed by atoms with Crippen molar-refractivity contribution in [3.05, 3.63) is 0 Å². The molecule has 2 N–H and O–H groups in total. The summed E-state index contributed by atoms with van der Waals surface area (Å²) in [4.78, 5) is 11.4. The fraction of sp³-hybridized carbons (Fsp3) is 0.900. The number of carbonyl (C=O) groups excluding carboxylic acids is 1. The maximum absolute atomic E-state index is 11.4. The highest BCUT2D eigenvalue weighted by molar-refractivity contribution is 7.98. The predicted octanol–water partition coefficient (Wildman–Crippen LogP) is 1.65. The van der Waals surface area contributed by atoms with Crippen LogP contribution in [0.5, 0.6) is 0 Å². The van der Waals surface area contributed by atoms with Crippen molar-refractivity contribution in [2.24, 2.45) is 11.7 Å². The lowest BCUT2D eigenvalue weighted by Gasteiger charge is -2.19. The van der Waals surface area contributed by atoms with Gasteiger partial charge in [-0.25, -0.2) is 0 Å². The Balaban J connectivity index is 3.82. The average Bonchev–Trinajstić information content (AvgIpc) is 2.13. The molecule has 0 radical (unpaired) electrons. The van der Waals surface area contributed by atoms with Crippen LogP contribution >= 0.6 is 11.8 Å². The summed E-state index contributed by atoms with van der Waals surface area (Å²) < 4.78 is 5.20. The van der Waals surface area contributed by atoms with E-state index in [1.54, 1.807) is 11.8 Å². The number of thioether (sulfide) groups is 1. The Labute approximate surface area is 90.8 Å². The highest BCUT2D eigenvalue weighted by Crippen LogP contribution is 2.08. The third-order valence-corrected chi connectivity index (χ3v) is 2.82. The van der Waals surface area contributed by atoms with Crippen molar-refractivity contribution in [2.75, 3.05) is 12.0 Å². The van der Waals surface area contributed by atoms with Crippen LogP contribution in [0, 0.1) is 5.92 Å². The van der Waals surface area contributed by atoms with E-state index in [9.17, 15) is 4.79 Å². The lowest BCUT2D eigenvalue weighted by Crippen LogP contribution is -2.36. The zero-order chi connectivity index (χ0) is 11.1. The Hall–Kier alpha value is -0.220. The van der Waals surface area contributed by atoms with Gasteiger partial charge in [-0.3, -0.25) is 4.79 Å².